The van der Waals surface area contributed by atoms with E-state index in [-0.39, 0.29) is 18.1 Å². The molecule has 2 aromatic carbocycles. The van der Waals surface area contributed by atoms with Gasteiger partial charge in [0.15, 0.2) is 0 Å². The van der Waals surface area contributed by atoms with Crippen molar-refractivity contribution in [2.45, 2.75) is 33.1 Å². The molecule has 1 aromatic heterocycles. The number of nitrogens with zero attached hydrogens (tertiary/aromatic N) is 1. The second-order valence-electron chi connectivity index (χ2n) is 6.48. The summed E-state index contributed by atoms with van der Waals surface area (Å²) in [7, 11) is 0. The van der Waals surface area contributed by atoms with Crippen LogP contribution in [0.4, 0.5) is 10.1 Å². The maximum absolute atomic E-state index is 13.2. The minimum absolute atomic E-state index is 0.0786. The van der Waals surface area contributed by atoms with Crippen molar-refractivity contribution in [3.05, 3.63) is 69.8 Å². The van der Waals surface area contributed by atoms with Crippen LogP contribution < -0.4 is 5.32 Å². The van der Waals surface area contributed by atoms with Crippen molar-refractivity contribution >= 4 is 22.9 Å². The molecule has 0 unspecified atom stereocenters. The van der Waals surface area contributed by atoms with Gasteiger partial charge in [-0.15, -0.1) is 11.3 Å². The minimum Gasteiger partial charge on any atom is -0.326 e. The highest BCUT2D eigenvalue weighted by molar-refractivity contribution is 7.12. The number of carbonyl (C=O) groups excluding carboxylic acids is 1. The van der Waals surface area contributed by atoms with Crippen molar-refractivity contribution < 1.29 is 9.18 Å². The first-order valence-corrected chi connectivity index (χ1v) is 9.36. The second-order valence-corrected chi connectivity index (χ2v) is 7.77. The molecule has 0 bridgehead atoms. The molecule has 3 aromatic rings. The summed E-state index contributed by atoms with van der Waals surface area (Å²) in [4.78, 5) is 18.0. The predicted octanol–water partition coefficient (Wildman–Crippen LogP) is 5.56. The molecule has 0 atom stereocenters. The molecule has 134 valence electrons. The van der Waals surface area contributed by atoms with Gasteiger partial charge in [-0.3, -0.25) is 4.79 Å². The molecular formula is C21H21FN2OS. The number of aromatic nitrogens is 1. The normalized spacial score (nSPS) is 11.0. The summed E-state index contributed by atoms with van der Waals surface area (Å²) >= 11 is 1.50. The van der Waals surface area contributed by atoms with E-state index in [1.807, 2.05) is 31.2 Å². The average Bonchev–Trinajstić information content (AvgIpc) is 2.96. The van der Waals surface area contributed by atoms with Crippen LogP contribution in [0.2, 0.25) is 0 Å². The largest absolute Gasteiger partial charge is 0.326 e. The number of hydrogen-bond donors (Lipinski definition) is 1. The number of aryl methyl sites for hydroxylation is 1. The van der Waals surface area contributed by atoms with Crippen LogP contribution in [-0.2, 0) is 11.2 Å². The summed E-state index contributed by atoms with van der Waals surface area (Å²) in [5.74, 6) is -0.0395. The Labute approximate surface area is 156 Å². The van der Waals surface area contributed by atoms with Gasteiger partial charge in [-0.2, -0.15) is 0 Å². The lowest BCUT2D eigenvalue weighted by Crippen LogP contribution is -2.15. The number of para-hydroxylation sites is 1. The molecule has 0 aliphatic rings. The Morgan fingerprint density at radius 1 is 1.15 bits per heavy atom. The van der Waals surface area contributed by atoms with Gasteiger partial charge in [0.05, 0.1) is 17.1 Å². The van der Waals surface area contributed by atoms with Gasteiger partial charge < -0.3 is 5.32 Å². The zero-order valence-electron chi connectivity index (χ0n) is 15.0. The molecule has 0 aliphatic carbocycles. The van der Waals surface area contributed by atoms with Gasteiger partial charge >= 0.3 is 0 Å². The zero-order chi connectivity index (χ0) is 18.7. The van der Waals surface area contributed by atoms with Gasteiger partial charge in [-0.25, -0.2) is 9.37 Å². The first-order chi connectivity index (χ1) is 12.4. The lowest BCUT2D eigenvalue weighted by Gasteiger charge is -2.13. The third-order valence-corrected chi connectivity index (χ3v) is 5.07. The van der Waals surface area contributed by atoms with Crippen LogP contribution in [0, 0.1) is 12.7 Å². The number of benzene rings is 2. The smallest absolute Gasteiger partial charge is 0.229 e. The molecule has 26 heavy (non-hydrogen) atoms. The van der Waals surface area contributed by atoms with Crippen molar-refractivity contribution in [3.8, 4) is 11.3 Å². The van der Waals surface area contributed by atoms with E-state index in [9.17, 15) is 9.18 Å². The van der Waals surface area contributed by atoms with Crippen LogP contribution in [0.5, 0.6) is 0 Å². The predicted molar refractivity (Wildman–Crippen MR) is 105 cm³/mol. The molecule has 1 amide bonds. The van der Waals surface area contributed by atoms with Crippen LogP contribution in [0.1, 0.15) is 35.2 Å². The van der Waals surface area contributed by atoms with E-state index in [0.29, 0.717) is 5.92 Å². The highest BCUT2D eigenvalue weighted by atomic mass is 32.1. The number of hydrogen-bond acceptors (Lipinski definition) is 3. The topological polar surface area (TPSA) is 42.0 Å². The fourth-order valence-electron chi connectivity index (χ4n) is 2.88. The first-order valence-electron chi connectivity index (χ1n) is 8.55. The number of halogens is 1. The Morgan fingerprint density at radius 2 is 1.85 bits per heavy atom. The highest BCUT2D eigenvalue weighted by Crippen LogP contribution is 2.29. The number of amides is 1. The van der Waals surface area contributed by atoms with Crippen molar-refractivity contribution in [1.82, 2.24) is 4.98 Å². The Bertz CT molecular complexity index is 916. The van der Waals surface area contributed by atoms with E-state index in [1.54, 1.807) is 12.1 Å². The molecule has 0 spiro atoms. The van der Waals surface area contributed by atoms with Crippen LogP contribution in [-0.4, -0.2) is 10.9 Å². The van der Waals surface area contributed by atoms with E-state index in [4.69, 9.17) is 0 Å². The molecule has 0 saturated carbocycles. The number of anilines is 1. The van der Waals surface area contributed by atoms with Gasteiger partial charge in [0.1, 0.15) is 5.82 Å². The minimum atomic E-state index is -0.287. The number of rotatable bonds is 5. The van der Waals surface area contributed by atoms with Crippen LogP contribution in [0.3, 0.4) is 0 Å². The van der Waals surface area contributed by atoms with Gasteiger partial charge in [0.25, 0.3) is 0 Å². The molecule has 0 saturated heterocycles. The SMILES string of the molecule is Cc1nc(-c2ccc(F)cc2)c(CC(=O)Nc2ccccc2C(C)C)s1. The lowest BCUT2D eigenvalue weighted by atomic mass is 10.0. The molecule has 5 heteroatoms. The fourth-order valence-corrected chi connectivity index (χ4v) is 3.83. The van der Waals surface area contributed by atoms with Gasteiger partial charge in [0.2, 0.25) is 5.91 Å². The van der Waals surface area contributed by atoms with Crippen molar-refractivity contribution in [3.63, 3.8) is 0 Å². The molecule has 3 nitrogen and oxygen atoms in total. The third-order valence-electron chi connectivity index (χ3n) is 4.10. The summed E-state index contributed by atoms with van der Waals surface area (Å²) in [6.07, 6.45) is 0.241. The molecule has 1 N–H and O–H groups in total. The van der Waals surface area contributed by atoms with E-state index < -0.39 is 0 Å². The Hall–Kier alpha value is -2.53. The Balaban J connectivity index is 1.81. The third kappa shape index (κ3) is 4.17. The van der Waals surface area contributed by atoms with Crippen molar-refractivity contribution in [2.75, 3.05) is 5.32 Å². The maximum Gasteiger partial charge on any atom is 0.229 e. The number of nitrogens with one attached hydrogen (secondary N) is 1. The molecule has 0 fully saturated rings. The number of carbonyl (C=O) groups is 1. The summed E-state index contributed by atoms with van der Waals surface area (Å²) < 4.78 is 13.2. The molecule has 0 radical (unpaired) electrons. The standard InChI is InChI=1S/C21H21FN2OS/c1-13(2)17-6-4-5-7-18(17)24-20(25)12-19-21(23-14(3)26-19)15-8-10-16(22)11-9-15/h4-11,13H,12H2,1-3H3,(H,24,25). The summed E-state index contributed by atoms with van der Waals surface area (Å²) in [5, 5.41) is 3.90. The molecule has 1 heterocycles. The van der Waals surface area contributed by atoms with Gasteiger partial charge in [0, 0.05) is 16.1 Å². The van der Waals surface area contributed by atoms with Gasteiger partial charge in [-0.05, 0) is 48.7 Å². The van der Waals surface area contributed by atoms with E-state index in [2.05, 4.69) is 24.1 Å². The maximum atomic E-state index is 13.2. The average molecular weight is 368 g/mol. The summed E-state index contributed by atoms with van der Waals surface area (Å²) in [6, 6.07) is 14.1. The van der Waals surface area contributed by atoms with E-state index in [1.165, 1.54) is 23.5 Å². The lowest BCUT2D eigenvalue weighted by molar-refractivity contribution is -0.115. The highest BCUT2D eigenvalue weighted by Gasteiger charge is 2.16. The Morgan fingerprint density at radius 3 is 2.54 bits per heavy atom. The van der Waals surface area contributed by atoms with Gasteiger partial charge in [-0.1, -0.05) is 32.0 Å². The second kappa shape index (κ2) is 7.79. The van der Waals surface area contributed by atoms with Crippen molar-refractivity contribution in [1.29, 1.82) is 0 Å². The summed E-state index contributed by atoms with van der Waals surface area (Å²) in [5.41, 5.74) is 3.53. The monoisotopic (exact) mass is 368 g/mol. The van der Waals surface area contributed by atoms with Crippen molar-refractivity contribution in [2.24, 2.45) is 0 Å². The molecule has 3 rings (SSSR count). The van der Waals surface area contributed by atoms with Crippen LogP contribution in [0.15, 0.2) is 48.5 Å². The quantitative estimate of drug-likeness (QED) is 0.640. The number of thiazole rings is 1. The van der Waals surface area contributed by atoms with Crippen LogP contribution >= 0.6 is 11.3 Å². The first kappa shape index (κ1) is 18.3. The fraction of sp³-hybridized carbons (Fsp3) is 0.238. The molecule has 0 aliphatic heterocycles. The van der Waals surface area contributed by atoms with E-state index in [0.717, 1.165) is 32.4 Å². The molecular weight excluding hydrogens is 347 g/mol. The van der Waals surface area contributed by atoms with Crippen LogP contribution in [0.25, 0.3) is 11.3 Å². The zero-order valence-corrected chi connectivity index (χ0v) is 15.9. The Kier molecular flexibility index (Phi) is 5.47. The van der Waals surface area contributed by atoms with E-state index >= 15 is 0 Å². The summed E-state index contributed by atoms with van der Waals surface area (Å²) in [6.45, 7) is 6.11.